The number of para-hydroxylation sites is 2. The van der Waals surface area contributed by atoms with Crippen molar-refractivity contribution in [3.05, 3.63) is 58.0 Å². The lowest BCUT2D eigenvalue weighted by Gasteiger charge is -2.28. The van der Waals surface area contributed by atoms with E-state index < -0.39 is 23.6 Å². The molecular weight excluding hydrogens is 464 g/mol. The van der Waals surface area contributed by atoms with Crippen molar-refractivity contribution >= 4 is 40.6 Å². The minimum Gasteiger partial charge on any atom is -0.507 e. The largest absolute Gasteiger partial charge is 0.507 e. The average Bonchev–Trinajstić information content (AvgIpc) is 3.00. The Morgan fingerprint density at radius 1 is 1.06 bits per heavy atom. The Hall–Kier alpha value is -3.26. The van der Waals surface area contributed by atoms with Crippen molar-refractivity contribution in [2.24, 2.45) is 0 Å². The SMILES string of the molecule is COc1ccccc1NC(=O)CN1C(=O)S/C(=C\c2cc(C(C)(C)C)c(O)c(C(C)(C)C)c2)C1=O. The second-order valence-electron chi connectivity index (χ2n) is 10.5. The number of amides is 3. The average molecular weight is 497 g/mol. The number of hydrogen-bond donors (Lipinski definition) is 2. The van der Waals surface area contributed by atoms with Gasteiger partial charge in [0.15, 0.2) is 0 Å². The zero-order valence-electron chi connectivity index (χ0n) is 21.2. The zero-order chi connectivity index (χ0) is 26.1. The normalized spacial score (nSPS) is 15.6. The molecule has 1 heterocycles. The fourth-order valence-corrected chi connectivity index (χ4v) is 4.59. The number of ether oxygens (including phenoxy) is 1. The lowest BCUT2D eigenvalue weighted by molar-refractivity contribution is -0.127. The van der Waals surface area contributed by atoms with Gasteiger partial charge in [-0.15, -0.1) is 0 Å². The molecule has 0 bridgehead atoms. The summed E-state index contributed by atoms with van der Waals surface area (Å²) in [6.07, 6.45) is 1.65. The third-order valence-electron chi connectivity index (χ3n) is 5.60. The van der Waals surface area contributed by atoms with Gasteiger partial charge in [0.1, 0.15) is 18.0 Å². The van der Waals surface area contributed by atoms with E-state index in [9.17, 15) is 19.5 Å². The van der Waals surface area contributed by atoms with E-state index in [0.717, 1.165) is 27.8 Å². The summed E-state index contributed by atoms with van der Waals surface area (Å²) in [5, 5.41) is 13.1. The highest BCUT2D eigenvalue weighted by Gasteiger charge is 2.36. The predicted octanol–water partition coefficient (Wildman–Crippen LogP) is 5.67. The molecule has 2 aromatic rings. The number of aromatic hydroxyl groups is 1. The van der Waals surface area contributed by atoms with E-state index in [2.05, 4.69) is 5.32 Å². The van der Waals surface area contributed by atoms with Gasteiger partial charge in [-0.05, 0) is 58.5 Å². The van der Waals surface area contributed by atoms with Crippen molar-refractivity contribution in [2.75, 3.05) is 19.0 Å². The molecule has 8 heteroatoms. The van der Waals surface area contributed by atoms with E-state index in [-0.39, 0.29) is 21.5 Å². The Balaban J connectivity index is 1.88. The number of methoxy groups -OCH3 is 1. The fourth-order valence-electron chi connectivity index (χ4n) is 3.75. The van der Waals surface area contributed by atoms with Crippen LogP contribution < -0.4 is 10.1 Å². The number of phenolic OH excluding ortho intramolecular Hbond substituents is 1. The summed E-state index contributed by atoms with van der Waals surface area (Å²) >= 11 is 0.795. The molecule has 0 radical (unpaired) electrons. The lowest BCUT2D eigenvalue weighted by atomic mass is 9.78. The van der Waals surface area contributed by atoms with Crippen LogP contribution in [0.3, 0.4) is 0 Å². The molecule has 0 aromatic heterocycles. The van der Waals surface area contributed by atoms with Gasteiger partial charge in [-0.3, -0.25) is 19.3 Å². The molecule has 0 aliphatic carbocycles. The summed E-state index contributed by atoms with van der Waals surface area (Å²) in [6, 6.07) is 10.6. The quantitative estimate of drug-likeness (QED) is 0.518. The summed E-state index contributed by atoms with van der Waals surface area (Å²) in [5.41, 5.74) is 2.02. The van der Waals surface area contributed by atoms with Gasteiger partial charge < -0.3 is 15.2 Å². The van der Waals surface area contributed by atoms with Crippen LogP contribution in [-0.2, 0) is 20.4 Å². The Labute approximate surface area is 210 Å². The third kappa shape index (κ3) is 5.88. The Morgan fingerprint density at radius 2 is 1.63 bits per heavy atom. The van der Waals surface area contributed by atoms with Gasteiger partial charge in [-0.25, -0.2) is 0 Å². The monoisotopic (exact) mass is 496 g/mol. The van der Waals surface area contributed by atoms with E-state index in [1.807, 2.05) is 53.7 Å². The van der Waals surface area contributed by atoms with Crippen LogP contribution in [0.2, 0.25) is 0 Å². The number of anilines is 1. The van der Waals surface area contributed by atoms with Crippen LogP contribution in [-0.4, -0.2) is 40.7 Å². The molecule has 1 aliphatic rings. The van der Waals surface area contributed by atoms with Crippen LogP contribution in [0.15, 0.2) is 41.3 Å². The molecule has 1 fully saturated rings. The number of benzene rings is 2. The first-order valence-electron chi connectivity index (χ1n) is 11.3. The maximum absolute atomic E-state index is 13.0. The first kappa shape index (κ1) is 26.3. The van der Waals surface area contributed by atoms with E-state index in [1.165, 1.54) is 7.11 Å². The number of thioether (sulfide) groups is 1. The van der Waals surface area contributed by atoms with Gasteiger partial charge in [0.2, 0.25) is 5.91 Å². The third-order valence-corrected chi connectivity index (χ3v) is 6.51. The molecule has 35 heavy (non-hydrogen) atoms. The van der Waals surface area contributed by atoms with Gasteiger partial charge >= 0.3 is 0 Å². The lowest BCUT2D eigenvalue weighted by Crippen LogP contribution is -2.36. The molecule has 3 amide bonds. The number of rotatable bonds is 5. The number of nitrogens with zero attached hydrogens (tertiary/aromatic N) is 1. The molecule has 1 aliphatic heterocycles. The molecule has 0 unspecified atom stereocenters. The molecule has 1 saturated heterocycles. The minimum atomic E-state index is -0.530. The molecule has 3 rings (SSSR count). The van der Waals surface area contributed by atoms with Crippen LogP contribution in [0.1, 0.15) is 58.2 Å². The summed E-state index contributed by atoms with van der Waals surface area (Å²) in [7, 11) is 1.49. The maximum Gasteiger partial charge on any atom is 0.294 e. The van der Waals surface area contributed by atoms with Crippen LogP contribution in [0.25, 0.3) is 6.08 Å². The number of imide groups is 1. The van der Waals surface area contributed by atoms with Crippen LogP contribution in [0.4, 0.5) is 10.5 Å². The molecule has 7 nitrogen and oxygen atoms in total. The molecule has 0 atom stereocenters. The first-order chi connectivity index (χ1) is 16.2. The molecule has 186 valence electrons. The maximum atomic E-state index is 13.0. The van der Waals surface area contributed by atoms with Crippen LogP contribution >= 0.6 is 11.8 Å². The van der Waals surface area contributed by atoms with E-state index in [1.54, 1.807) is 30.3 Å². The van der Waals surface area contributed by atoms with E-state index in [0.29, 0.717) is 17.0 Å². The standard InChI is InChI=1S/C27H32N2O5S/c1-26(2,3)17-12-16(13-18(23(17)31)27(4,5)6)14-21-24(32)29(25(33)35-21)15-22(30)28-19-10-8-9-11-20(19)34-7/h8-14,31H,15H2,1-7H3,(H,28,30)/b21-14-. The minimum absolute atomic E-state index is 0.227. The Kier molecular flexibility index (Phi) is 7.36. The molecule has 0 spiro atoms. The predicted molar refractivity (Wildman–Crippen MR) is 140 cm³/mol. The fraction of sp³-hybridized carbons (Fsp3) is 0.370. The van der Waals surface area contributed by atoms with Crippen LogP contribution in [0.5, 0.6) is 11.5 Å². The second-order valence-corrected chi connectivity index (χ2v) is 11.5. The van der Waals surface area contributed by atoms with Crippen molar-refractivity contribution < 1.29 is 24.2 Å². The molecule has 0 saturated carbocycles. The summed E-state index contributed by atoms with van der Waals surface area (Å²) in [6.45, 7) is 11.6. The topological polar surface area (TPSA) is 95.9 Å². The zero-order valence-corrected chi connectivity index (χ0v) is 22.0. The van der Waals surface area contributed by atoms with E-state index in [4.69, 9.17) is 4.74 Å². The summed E-state index contributed by atoms with van der Waals surface area (Å²) < 4.78 is 5.22. The number of hydrogen-bond acceptors (Lipinski definition) is 6. The Morgan fingerprint density at radius 3 is 2.17 bits per heavy atom. The van der Waals surface area contributed by atoms with Crippen LogP contribution in [0, 0.1) is 0 Å². The first-order valence-corrected chi connectivity index (χ1v) is 12.1. The highest BCUT2D eigenvalue weighted by molar-refractivity contribution is 8.18. The van der Waals surface area contributed by atoms with Crippen molar-refractivity contribution in [1.29, 1.82) is 0 Å². The number of carbonyl (C=O) groups excluding carboxylic acids is 3. The highest BCUT2D eigenvalue weighted by Crippen LogP contribution is 2.41. The summed E-state index contributed by atoms with van der Waals surface area (Å²) in [4.78, 5) is 39.3. The van der Waals surface area contributed by atoms with Crippen molar-refractivity contribution in [1.82, 2.24) is 4.90 Å². The number of phenols is 1. The van der Waals surface area contributed by atoms with Gasteiger partial charge in [0, 0.05) is 11.1 Å². The van der Waals surface area contributed by atoms with Gasteiger partial charge in [-0.2, -0.15) is 0 Å². The van der Waals surface area contributed by atoms with Gasteiger partial charge in [-0.1, -0.05) is 53.7 Å². The molecule has 2 N–H and O–H groups in total. The van der Waals surface area contributed by atoms with E-state index >= 15 is 0 Å². The molecule has 2 aromatic carbocycles. The highest BCUT2D eigenvalue weighted by atomic mass is 32.2. The van der Waals surface area contributed by atoms with Crippen molar-refractivity contribution in [3.63, 3.8) is 0 Å². The smallest absolute Gasteiger partial charge is 0.294 e. The van der Waals surface area contributed by atoms with Crippen molar-refractivity contribution in [2.45, 2.75) is 52.4 Å². The van der Waals surface area contributed by atoms with Gasteiger partial charge in [0.25, 0.3) is 11.1 Å². The number of nitrogens with one attached hydrogen (secondary N) is 1. The number of carbonyl (C=O) groups is 3. The summed E-state index contributed by atoms with van der Waals surface area (Å²) in [5.74, 6) is -0.319. The van der Waals surface area contributed by atoms with Crippen molar-refractivity contribution in [3.8, 4) is 11.5 Å². The Bertz CT molecular complexity index is 1170. The van der Waals surface area contributed by atoms with Gasteiger partial charge in [0.05, 0.1) is 17.7 Å². The molecular formula is C27H32N2O5S. The second kappa shape index (κ2) is 9.77.